The fourth-order valence-corrected chi connectivity index (χ4v) is 1.55. The van der Waals surface area contributed by atoms with Crippen LogP contribution in [0, 0.1) is 0 Å². The molecule has 0 aliphatic carbocycles. The Kier molecular flexibility index (Phi) is 4.75. The maximum absolute atomic E-state index is 11.8. The molecule has 0 saturated heterocycles. The van der Waals surface area contributed by atoms with Gasteiger partial charge in [-0.1, -0.05) is 0 Å². The maximum atomic E-state index is 11.8. The van der Waals surface area contributed by atoms with Crippen LogP contribution in [0.4, 0.5) is 0 Å². The van der Waals surface area contributed by atoms with E-state index in [9.17, 15) is 9.90 Å². The number of hydrogen-bond acceptors (Lipinski definition) is 6. The Hall–Kier alpha value is -2.32. The average Bonchev–Trinajstić information content (AvgIpc) is 2.99. The fraction of sp³-hybridized carbons (Fsp3) is 0.333. The van der Waals surface area contributed by atoms with E-state index in [0.717, 1.165) is 0 Å². The van der Waals surface area contributed by atoms with Crippen molar-refractivity contribution in [1.82, 2.24) is 25.1 Å². The lowest BCUT2D eigenvalue weighted by molar-refractivity contribution is 0.0609. The van der Waals surface area contributed by atoms with Crippen molar-refractivity contribution in [3.63, 3.8) is 0 Å². The standard InChI is InChI=1S/C12H15N5O3/c1-20-6-10(18)5-15-12(19)9-2-3-11(14-4-9)17-8-13-7-16-17/h2-4,7-8,10,18H,5-6H2,1H3,(H,15,19). The third-order valence-electron chi connectivity index (χ3n) is 2.52. The summed E-state index contributed by atoms with van der Waals surface area (Å²) in [5.41, 5.74) is 0.401. The highest BCUT2D eigenvalue weighted by molar-refractivity contribution is 5.93. The van der Waals surface area contributed by atoms with Crippen LogP contribution >= 0.6 is 0 Å². The largest absolute Gasteiger partial charge is 0.389 e. The van der Waals surface area contributed by atoms with Crippen molar-refractivity contribution in [3.05, 3.63) is 36.5 Å². The monoisotopic (exact) mass is 277 g/mol. The van der Waals surface area contributed by atoms with E-state index in [2.05, 4.69) is 20.4 Å². The number of ether oxygens (including phenoxy) is 1. The van der Waals surface area contributed by atoms with Crippen LogP contribution in [-0.4, -0.2) is 57.1 Å². The van der Waals surface area contributed by atoms with E-state index in [4.69, 9.17) is 4.74 Å². The van der Waals surface area contributed by atoms with E-state index in [-0.39, 0.29) is 19.1 Å². The summed E-state index contributed by atoms with van der Waals surface area (Å²) in [4.78, 5) is 19.7. The number of amides is 1. The number of methoxy groups -OCH3 is 1. The molecule has 8 heteroatoms. The summed E-state index contributed by atoms with van der Waals surface area (Å²) in [6.45, 7) is 0.293. The van der Waals surface area contributed by atoms with Gasteiger partial charge in [0.25, 0.3) is 5.91 Å². The van der Waals surface area contributed by atoms with E-state index >= 15 is 0 Å². The second-order valence-corrected chi connectivity index (χ2v) is 4.06. The van der Waals surface area contributed by atoms with Crippen LogP contribution in [0.3, 0.4) is 0 Å². The number of pyridine rings is 1. The summed E-state index contributed by atoms with van der Waals surface area (Å²) in [5, 5.41) is 16.0. The Labute approximate surface area is 115 Å². The topological polar surface area (TPSA) is 102 Å². The first-order valence-electron chi connectivity index (χ1n) is 5.97. The predicted octanol–water partition coefficient (Wildman–Crippen LogP) is -0.601. The average molecular weight is 277 g/mol. The minimum atomic E-state index is -0.730. The van der Waals surface area contributed by atoms with Gasteiger partial charge in [0, 0.05) is 19.9 Å². The number of aliphatic hydroxyl groups excluding tert-OH is 1. The van der Waals surface area contributed by atoms with Crippen LogP contribution in [-0.2, 0) is 4.74 Å². The number of nitrogens with zero attached hydrogens (tertiary/aromatic N) is 4. The summed E-state index contributed by atoms with van der Waals surface area (Å²) < 4.78 is 6.26. The lowest BCUT2D eigenvalue weighted by atomic mass is 10.2. The van der Waals surface area contributed by atoms with Gasteiger partial charge in [-0.2, -0.15) is 5.10 Å². The Morgan fingerprint density at radius 2 is 2.40 bits per heavy atom. The summed E-state index contributed by atoms with van der Waals surface area (Å²) >= 11 is 0. The number of nitrogens with one attached hydrogen (secondary N) is 1. The maximum Gasteiger partial charge on any atom is 0.252 e. The summed E-state index contributed by atoms with van der Waals surface area (Å²) in [5.74, 6) is 0.260. The molecular formula is C12H15N5O3. The molecule has 2 rings (SSSR count). The van der Waals surface area contributed by atoms with Gasteiger partial charge in [-0.15, -0.1) is 0 Å². The van der Waals surface area contributed by atoms with Gasteiger partial charge in [-0.05, 0) is 12.1 Å². The molecule has 0 saturated carbocycles. The van der Waals surface area contributed by atoms with Crippen LogP contribution < -0.4 is 5.32 Å². The molecule has 1 unspecified atom stereocenters. The zero-order chi connectivity index (χ0) is 14.4. The van der Waals surface area contributed by atoms with Crippen LogP contribution in [0.1, 0.15) is 10.4 Å². The molecule has 0 aliphatic heterocycles. The zero-order valence-electron chi connectivity index (χ0n) is 10.9. The van der Waals surface area contributed by atoms with Crippen molar-refractivity contribution < 1.29 is 14.6 Å². The molecule has 2 aromatic heterocycles. The molecule has 1 atom stereocenters. The van der Waals surface area contributed by atoms with Gasteiger partial charge < -0.3 is 15.2 Å². The number of carbonyl (C=O) groups is 1. The molecular weight excluding hydrogens is 262 g/mol. The van der Waals surface area contributed by atoms with E-state index in [1.165, 1.54) is 30.6 Å². The minimum absolute atomic E-state index is 0.123. The molecule has 2 heterocycles. The lowest BCUT2D eigenvalue weighted by Crippen LogP contribution is -2.34. The smallest absolute Gasteiger partial charge is 0.252 e. The third-order valence-corrected chi connectivity index (χ3v) is 2.52. The van der Waals surface area contributed by atoms with Gasteiger partial charge in [-0.25, -0.2) is 14.6 Å². The highest BCUT2D eigenvalue weighted by Gasteiger charge is 2.09. The molecule has 0 radical (unpaired) electrons. The molecule has 1 amide bonds. The molecule has 0 spiro atoms. The Morgan fingerprint density at radius 1 is 1.55 bits per heavy atom. The molecule has 0 bridgehead atoms. The molecule has 20 heavy (non-hydrogen) atoms. The molecule has 8 nitrogen and oxygen atoms in total. The highest BCUT2D eigenvalue weighted by atomic mass is 16.5. The zero-order valence-corrected chi connectivity index (χ0v) is 10.9. The number of hydrogen-bond donors (Lipinski definition) is 2. The van der Waals surface area contributed by atoms with Crippen molar-refractivity contribution >= 4 is 5.91 Å². The predicted molar refractivity (Wildman–Crippen MR) is 69.4 cm³/mol. The van der Waals surface area contributed by atoms with Crippen LogP contribution in [0.5, 0.6) is 0 Å². The quantitative estimate of drug-likeness (QED) is 0.731. The lowest BCUT2D eigenvalue weighted by Gasteiger charge is -2.10. The van der Waals surface area contributed by atoms with Crippen molar-refractivity contribution in [2.75, 3.05) is 20.3 Å². The second-order valence-electron chi connectivity index (χ2n) is 4.06. The van der Waals surface area contributed by atoms with Crippen LogP contribution in [0.2, 0.25) is 0 Å². The van der Waals surface area contributed by atoms with Crippen molar-refractivity contribution in [2.24, 2.45) is 0 Å². The summed E-state index contributed by atoms with van der Waals surface area (Å²) in [6, 6.07) is 3.29. The molecule has 2 N–H and O–H groups in total. The first-order chi connectivity index (χ1) is 9.70. The Balaban J connectivity index is 1.94. The van der Waals surface area contributed by atoms with Crippen molar-refractivity contribution in [3.8, 4) is 5.82 Å². The van der Waals surface area contributed by atoms with Gasteiger partial charge in [0.05, 0.1) is 18.3 Å². The van der Waals surface area contributed by atoms with E-state index in [1.54, 1.807) is 12.1 Å². The normalized spacial score (nSPS) is 12.1. The SMILES string of the molecule is COCC(O)CNC(=O)c1ccc(-n2cncn2)nc1. The minimum Gasteiger partial charge on any atom is -0.389 e. The van der Waals surface area contributed by atoms with Gasteiger partial charge in [0.15, 0.2) is 5.82 Å². The molecule has 0 aromatic carbocycles. The van der Waals surface area contributed by atoms with Crippen molar-refractivity contribution in [2.45, 2.75) is 6.10 Å². The molecule has 0 fully saturated rings. The van der Waals surface area contributed by atoms with Crippen LogP contribution in [0.15, 0.2) is 31.0 Å². The third kappa shape index (κ3) is 3.59. The second kappa shape index (κ2) is 6.73. The van der Waals surface area contributed by atoms with E-state index in [0.29, 0.717) is 11.4 Å². The van der Waals surface area contributed by atoms with E-state index < -0.39 is 6.10 Å². The van der Waals surface area contributed by atoms with Gasteiger partial charge in [-0.3, -0.25) is 4.79 Å². The molecule has 2 aromatic rings. The van der Waals surface area contributed by atoms with Gasteiger partial charge in [0.1, 0.15) is 12.7 Å². The van der Waals surface area contributed by atoms with E-state index in [1.807, 2.05) is 0 Å². The van der Waals surface area contributed by atoms with Gasteiger partial charge in [0.2, 0.25) is 0 Å². The molecule has 106 valence electrons. The van der Waals surface area contributed by atoms with Crippen LogP contribution in [0.25, 0.3) is 5.82 Å². The first kappa shape index (κ1) is 14.1. The Bertz CT molecular complexity index is 541. The van der Waals surface area contributed by atoms with Gasteiger partial charge >= 0.3 is 0 Å². The fourth-order valence-electron chi connectivity index (χ4n) is 1.55. The number of aromatic nitrogens is 4. The number of aliphatic hydroxyl groups is 1. The summed E-state index contributed by atoms with van der Waals surface area (Å²) in [6.07, 6.45) is 3.63. The Morgan fingerprint density at radius 3 is 3.00 bits per heavy atom. The van der Waals surface area contributed by atoms with Crippen molar-refractivity contribution in [1.29, 1.82) is 0 Å². The number of rotatable bonds is 6. The highest BCUT2D eigenvalue weighted by Crippen LogP contribution is 2.03. The molecule has 0 aliphatic rings. The summed E-state index contributed by atoms with van der Waals surface area (Å²) in [7, 11) is 1.48. The number of carbonyl (C=O) groups excluding carboxylic acids is 1. The first-order valence-corrected chi connectivity index (χ1v) is 5.97.